The highest BCUT2D eigenvalue weighted by Gasteiger charge is 2.15. The van der Waals surface area contributed by atoms with Gasteiger partial charge in [-0.1, -0.05) is 6.42 Å². The summed E-state index contributed by atoms with van der Waals surface area (Å²) in [7, 11) is 0. The second kappa shape index (κ2) is 4.70. The molecule has 1 aromatic carbocycles. The summed E-state index contributed by atoms with van der Waals surface area (Å²) in [6.45, 7) is 0. The first-order chi connectivity index (χ1) is 9.79. The van der Waals surface area contributed by atoms with Crippen LogP contribution in [-0.4, -0.2) is 9.97 Å². The molecule has 2 heterocycles. The van der Waals surface area contributed by atoms with Crippen molar-refractivity contribution in [1.29, 1.82) is 0 Å². The first-order valence-electron chi connectivity index (χ1n) is 7.07. The van der Waals surface area contributed by atoms with Crippen LogP contribution < -0.4 is 0 Å². The third-order valence-electron chi connectivity index (χ3n) is 3.92. The van der Waals surface area contributed by atoms with Gasteiger partial charge in [-0.2, -0.15) is 0 Å². The molecule has 4 heteroatoms. The minimum Gasteiger partial charge on any atom is -0.337 e. The van der Waals surface area contributed by atoms with E-state index in [4.69, 9.17) is 0 Å². The average Bonchev–Trinajstić information content (AvgIpc) is 2.97. The molecule has 0 saturated carbocycles. The van der Waals surface area contributed by atoms with Gasteiger partial charge in [0.05, 0.1) is 15.9 Å². The van der Waals surface area contributed by atoms with Crippen molar-refractivity contribution in [3.8, 4) is 10.7 Å². The minimum atomic E-state index is -0.227. The number of thiophene rings is 1. The lowest BCUT2D eigenvalue weighted by Gasteiger charge is -1.92. The number of nitrogens with one attached hydrogen (secondary N) is 1. The zero-order valence-electron chi connectivity index (χ0n) is 11.1. The first kappa shape index (κ1) is 12.1. The molecule has 0 atom stereocenters. The second-order valence-corrected chi connectivity index (χ2v) is 6.50. The van der Waals surface area contributed by atoms with Crippen LogP contribution in [0, 0.1) is 5.82 Å². The molecule has 1 N–H and O–H groups in total. The fourth-order valence-electron chi connectivity index (χ4n) is 2.88. The number of rotatable bonds is 1. The number of aryl methyl sites for hydroxylation is 2. The highest BCUT2D eigenvalue weighted by atomic mass is 32.1. The molecule has 102 valence electrons. The van der Waals surface area contributed by atoms with Gasteiger partial charge in [0.1, 0.15) is 11.6 Å². The number of fused-ring (bicyclic) bond motifs is 2. The molecular weight excluding hydrogens is 271 g/mol. The number of hydrogen-bond acceptors (Lipinski definition) is 2. The average molecular weight is 286 g/mol. The van der Waals surface area contributed by atoms with Crippen LogP contribution in [0.4, 0.5) is 4.39 Å². The zero-order chi connectivity index (χ0) is 13.5. The fraction of sp³-hybridized carbons (Fsp3) is 0.312. The van der Waals surface area contributed by atoms with Crippen LogP contribution in [0.5, 0.6) is 0 Å². The topological polar surface area (TPSA) is 28.7 Å². The maximum atomic E-state index is 13.2. The van der Waals surface area contributed by atoms with Crippen molar-refractivity contribution in [2.24, 2.45) is 0 Å². The van der Waals surface area contributed by atoms with Crippen LogP contribution in [-0.2, 0) is 12.8 Å². The number of aromatic nitrogens is 2. The molecule has 2 nitrogen and oxygen atoms in total. The summed E-state index contributed by atoms with van der Waals surface area (Å²) >= 11 is 1.83. The third kappa shape index (κ3) is 2.04. The van der Waals surface area contributed by atoms with Crippen molar-refractivity contribution < 1.29 is 4.39 Å². The van der Waals surface area contributed by atoms with E-state index in [9.17, 15) is 4.39 Å². The molecule has 0 radical (unpaired) electrons. The van der Waals surface area contributed by atoms with E-state index < -0.39 is 0 Å². The third-order valence-corrected chi connectivity index (χ3v) is 5.17. The molecule has 0 fully saturated rings. The van der Waals surface area contributed by atoms with Crippen molar-refractivity contribution in [2.75, 3.05) is 0 Å². The predicted molar refractivity (Wildman–Crippen MR) is 80.6 cm³/mol. The normalized spacial score (nSPS) is 15.2. The van der Waals surface area contributed by atoms with Crippen LogP contribution >= 0.6 is 11.3 Å². The van der Waals surface area contributed by atoms with Gasteiger partial charge in [-0.05, 0) is 55.5 Å². The van der Waals surface area contributed by atoms with Crippen molar-refractivity contribution in [3.05, 3.63) is 40.5 Å². The van der Waals surface area contributed by atoms with Crippen LogP contribution in [0.15, 0.2) is 24.3 Å². The molecule has 2 aromatic heterocycles. The molecule has 3 aromatic rings. The van der Waals surface area contributed by atoms with E-state index in [1.807, 2.05) is 11.3 Å². The number of halogens is 1. The summed E-state index contributed by atoms with van der Waals surface area (Å²) in [5.74, 6) is 0.637. The first-order valence-corrected chi connectivity index (χ1v) is 7.88. The Morgan fingerprint density at radius 1 is 1.10 bits per heavy atom. The Morgan fingerprint density at radius 3 is 2.95 bits per heavy atom. The molecule has 0 saturated heterocycles. The zero-order valence-corrected chi connectivity index (χ0v) is 11.9. The smallest absolute Gasteiger partial charge is 0.148 e. The van der Waals surface area contributed by atoms with Crippen LogP contribution in [0.2, 0.25) is 0 Å². The minimum absolute atomic E-state index is 0.227. The van der Waals surface area contributed by atoms with Gasteiger partial charge in [0.25, 0.3) is 0 Å². The Morgan fingerprint density at radius 2 is 2.00 bits per heavy atom. The van der Waals surface area contributed by atoms with Gasteiger partial charge in [-0.25, -0.2) is 9.37 Å². The number of benzene rings is 1. The Labute approximate surface area is 120 Å². The van der Waals surface area contributed by atoms with E-state index in [1.165, 1.54) is 59.6 Å². The molecule has 20 heavy (non-hydrogen) atoms. The van der Waals surface area contributed by atoms with E-state index in [-0.39, 0.29) is 5.82 Å². The van der Waals surface area contributed by atoms with E-state index in [0.29, 0.717) is 0 Å². The number of hydrogen-bond donors (Lipinski definition) is 1. The van der Waals surface area contributed by atoms with Gasteiger partial charge < -0.3 is 4.98 Å². The van der Waals surface area contributed by atoms with Gasteiger partial charge >= 0.3 is 0 Å². The van der Waals surface area contributed by atoms with E-state index >= 15 is 0 Å². The highest BCUT2D eigenvalue weighted by Crippen LogP contribution is 2.34. The molecule has 0 amide bonds. The number of nitrogens with zero attached hydrogens (tertiary/aromatic N) is 1. The van der Waals surface area contributed by atoms with E-state index in [0.717, 1.165) is 16.9 Å². The van der Waals surface area contributed by atoms with Gasteiger partial charge in [0, 0.05) is 4.88 Å². The van der Waals surface area contributed by atoms with E-state index in [2.05, 4.69) is 16.0 Å². The summed E-state index contributed by atoms with van der Waals surface area (Å²) in [4.78, 5) is 10.5. The summed E-state index contributed by atoms with van der Waals surface area (Å²) in [5.41, 5.74) is 3.07. The van der Waals surface area contributed by atoms with Gasteiger partial charge in [-0.15, -0.1) is 11.3 Å². The second-order valence-electron chi connectivity index (χ2n) is 5.37. The van der Waals surface area contributed by atoms with Crippen molar-refractivity contribution in [3.63, 3.8) is 0 Å². The molecule has 1 aliphatic rings. The standard InChI is InChI=1S/C16H15FN2S/c17-11-6-7-12-13(9-11)19-16(18-12)15-8-10-4-2-1-3-5-14(10)20-15/h6-9H,1-5H2,(H,18,19). The van der Waals surface area contributed by atoms with Crippen LogP contribution in [0.3, 0.4) is 0 Å². The van der Waals surface area contributed by atoms with Crippen molar-refractivity contribution >= 4 is 22.4 Å². The lowest BCUT2D eigenvalue weighted by molar-refractivity contribution is 0.629. The maximum Gasteiger partial charge on any atom is 0.148 e. The molecule has 4 rings (SSSR count). The van der Waals surface area contributed by atoms with Crippen LogP contribution in [0.1, 0.15) is 29.7 Å². The Kier molecular flexibility index (Phi) is 2.84. The van der Waals surface area contributed by atoms with Crippen molar-refractivity contribution in [1.82, 2.24) is 9.97 Å². The van der Waals surface area contributed by atoms with E-state index in [1.54, 1.807) is 6.07 Å². The summed E-state index contributed by atoms with van der Waals surface area (Å²) < 4.78 is 13.2. The largest absolute Gasteiger partial charge is 0.337 e. The molecular formula is C16H15FN2S. The van der Waals surface area contributed by atoms with Crippen molar-refractivity contribution in [2.45, 2.75) is 32.1 Å². The molecule has 1 aliphatic carbocycles. The Hall–Kier alpha value is -1.68. The Bertz CT molecular complexity index is 748. The summed E-state index contributed by atoms with van der Waals surface area (Å²) in [6, 6.07) is 6.95. The summed E-state index contributed by atoms with van der Waals surface area (Å²) in [6.07, 6.45) is 6.28. The Balaban J connectivity index is 1.78. The molecule has 0 unspecified atom stereocenters. The van der Waals surface area contributed by atoms with Gasteiger partial charge in [-0.3, -0.25) is 0 Å². The van der Waals surface area contributed by atoms with Crippen LogP contribution in [0.25, 0.3) is 21.7 Å². The molecule has 0 spiro atoms. The lowest BCUT2D eigenvalue weighted by Crippen LogP contribution is -1.81. The quantitative estimate of drug-likeness (QED) is 0.645. The monoisotopic (exact) mass is 286 g/mol. The molecule has 0 aliphatic heterocycles. The SMILES string of the molecule is Fc1ccc2nc(-c3cc4c(s3)CCCCC4)[nH]c2c1. The molecule has 0 bridgehead atoms. The number of aromatic amines is 1. The number of H-pyrrole nitrogens is 1. The van der Waals surface area contributed by atoms with Gasteiger partial charge in [0.15, 0.2) is 0 Å². The van der Waals surface area contributed by atoms with Gasteiger partial charge in [0.2, 0.25) is 0 Å². The summed E-state index contributed by atoms with van der Waals surface area (Å²) in [5, 5.41) is 0. The maximum absolute atomic E-state index is 13.2. The lowest BCUT2D eigenvalue weighted by atomic mass is 10.1. The number of imidazole rings is 1. The predicted octanol–water partition coefficient (Wildman–Crippen LogP) is 4.70. The highest BCUT2D eigenvalue weighted by molar-refractivity contribution is 7.15. The fourth-order valence-corrected chi connectivity index (χ4v) is 4.08.